The number of benzene rings is 1. The Morgan fingerprint density at radius 3 is 2.59 bits per heavy atom. The van der Waals surface area contributed by atoms with Gasteiger partial charge in [0.1, 0.15) is 5.75 Å². The van der Waals surface area contributed by atoms with Gasteiger partial charge in [0.25, 0.3) is 0 Å². The van der Waals surface area contributed by atoms with Crippen LogP contribution in [0.15, 0.2) is 16.6 Å². The Bertz CT molecular complexity index is 416. The van der Waals surface area contributed by atoms with Crippen molar-refractivity contribution in [3.8, 4) is 5.75 Å². The van der Waals surface area contributed by atoms with Crippen LogP contribution in [0.5, 0.6) is 5.75 Å². The lowest BCUT2D eigenvalue weighted by Gasteiger charge is -2.17. The molecule has 0 amide bonds. The molecule has 0 aromatic heterocycles. The van der Waals surface area contributed by atoms with E-state index in [0.717, 1.165) is 35.0 Å². The molecule has 0 bridgehead atoms. The fourth-order valence-electron chi connectivity index (χ4n) is 2.02. The van der Waals surface area contributed by atoms with Crippen molar-refractivity contribution in [2.24, 2.45) is 5.73 Å². The predicted octanol–water partition coefficient (Wildman–Crippen LogP) is 2.64. The molecule has 1 saturated carbocycles. The number of nitrogens with two attached hydrogens (primary N) is 1. The van der Waals surface area contributed by atoms with Crippen LogP contribution < -0.4 is 10.5 Å². The van der Waals surface area contributed by atoms with Gasteiger partial charge >= 0.3 is 0 Å². The van der Waals surface area contributed by atoms with Gasteiger partial charge in [-0.05, 0) is 37.0 Å². The van der Waals surface area contributed by atoms with Gasteiger partial charge < -0.3 is 15.2 Å². The van der Waals surface area contributed by atoms with E-state index in [-0.39, 0.29) is 5.54 Å². The van der Waals surface area contributed by atoms with Crippen LogP contribution in [0, 0.1) is 0 Å². The van der Waals surface area contributed by atoms with Gasteiger partial charge in [0.2, 0.25) is 0 Å². The maximum absolute atomic E-state index is 6.20. The SMILES string of the molecule is COCc1cc(Br)cc(OC)c1CC1(N)CC1. The van der Waals surface area contributed by atoms with E-state index in [2.05, 4.69) is 22.0 Å². The summed E-state index contributed by atoms with van der Waals surface area (Å²) < 4.78 is 11.7. The Morgan fingerprint density at radius 1 is 1.35 bits per heavy atom. The van der Waals surface area contributed by atoms with Gasteiger partial charge in [-0.2, -0.15) is 0 Å². The average molecular weight is 300 g/mol. The fraction of sp³-hybridized carbons (Fsp3) is 0.538. The van der Waals surface area contributed by atoms with Crippen molar-refractivity contribution in [1.29, 1.82) is 0 Å². The molecular weight excluding hydrogens is 282 g/mol. The Kier molecular flexibility index (Phi) is 3.76. The first-order chi connectivity index (χ1) is 8.08. The van der Waals surface area contributed by atoms with Crippen LogP contribution in [0.1, 0.15) is 24.0 Å². The lowest BCUT2D eigenvalue weighted by Crippen LogP contribution is -2.25. The molecule has 94 valence electrons. The third kappa shape index (κ3) is 3.00. The van der Waals surface area contributed by atoms with Crippen LogP contribution in [0.2, 0.25) is 0 Å². The summed E-state index contributed by atoms with van der Waals surface area (Å²) in [6.45, 7) is 0.585. The van der Waals surface area contributed by atoms with E-state index in [1.807, 2.05) is 6.07 Å². The normalized spacial score (nSPS) is 16.9. The monoisotopic (exact) mass is 299 g/mol. The zero-order chi connectivity index (χ0) is 12.5. The first kappa shape index (κ1) is 12.9. The van der Waals surface area contributed by atoms with Crippen LogP contribution in [0.3, 0.4) is 0 Å². The van der Waals surface area contributed by atoms with Gasteiger partial charge in [-0.15, -0.1) is 0 Å². The van der Waals surface area contributed by atoms with Crippen molar-refractivity contribution < 1.29 is 9.47 Å². The molecule has 1 aromatic rings. The van der Waals surface area contributed by atoms with E-state index in [1.165, 1.54) is 5.56 Å². The molecule has 0 atom stereocenters. The first-order valence-electron chi connectivity index (χ1n) is 5.71. The highest BCUT2D eigenvalue weighted by molar-refractivity contribution is 9.10. The number of hydrogen-bond acceptors (Lipinski definition) is 3. The Hall–Kier alpha value is -0.580. The number of hydrogen-bond donors (Lipinski definition) is 1. The van der Waals surface area contributed by atoms with Crippen molar-refractivity contribution in [1.82, 2.24) is 0 Å². The highest BCUT2D eigenvalue weighted by Gasteiger charge is 2.39. The Labute approximate surface area is 110 Å². The summed E-state index contributed by atoms with van der Waals surface area (Å²) in [5, 5.41) is 0. The molecule has 0 unspecified atom stereocenters. The van der Waals surface area contributed by atoms with E-state index in [0.29, 0.717) is 6.61 Å². The first-order valence-corrected chi connectivity index (χ1v) is 6.50. The van der Waals surface area contributed by atoms with E-state index >= 15 is 0 Å². The maximum Gasteiger partial charge on any atom is 0.123 e. The summed E-state index contributed by atoms with van der Waals surface area (Å²) >= 11 is 3.49. The second kappa shape index (κ2) is 4.96. The zero-order valence-electron chi connectivity index (χ0n) is 10.3. The minimum Gasteiger partial charge on any atom is -0.496 e. The summed E-state index contributed by atoms with van der Waals surface area (Å²) in [4.78, 5) is 0. The van der Waals surface area contributed by atoms with Gasteiger partial charge in [0.15, 0.2) is 0 Å². The molecular formula is C13H18BrNO2. The minimum absolute atomic E-state index is 0.0242. The molecule has 1 aliphatic carbocycles. The van der Waals surface area contributed by atoms with Crippen LogP contribution in [0.4, 0.5) is 0 Å². The summed E-state index contributed by atoms with van der Waals surface area (Å²) in [6.07, 6.45) is 3.05. The van der Waals surface area contributed by atoms with E-state index < -0.39 is 0 Å². The van der Waals surface area contributed by atoms with Crippen molar-refractivity contribution in [2.45, 2.75) is 31.4 Å². The number of methoxy groups -OCH3 is 2. The van der Waals surface area contributed by atoms with E-state index in [4.69, 9.17) is 15.2 Å². The van der Waals surface area contributed by atoms with Crippen LogP contribution in [-0.2, 0) is 17.8 Å². The third-order valence-corrected chi connectivity index (χ3v) is 3.66. The molecule has 0 saturated heterocycles. The van der Waals surface area contributed by atoms with Crippen LogP contribution in [0.25, 0.3) is 0 Å². The van der Waals surface area contributed by atoms with Gasteiger partial charge in [-0.3, -0.25) is 0 Å². The summed E-state index contributed by atoms with van der Waals surface area (Å²) in [6, 6.07) is 4.06. The highest BCUT2D eigenvalue weighted by atomic mass is 79.9. The molecule has 17 heavy (non-hydrogen) atoms. The molecule has 2 rings (SSSR count). The largest absolute Gasteiger partial charge is 0.496 e. The quantitative estimate of drug-likeness (QED) is 0.909. The lowest BCUT2D eigenvalue weighted by molar-refractivity contribution is 0.183. The van der Waals surface area contributed by atoms with Crippen molar-refractivity contribution >= 4 is 15.9 Å². The van der Waals surface area contributed by atoms with Gasteiger partial charge in [0, 0.05) is 22.7 Å². The topological polar surface area (TPSA) is 44.5 Å². The summed E-state index contributed by atoms with van der Waals surface area (Å²) in [5.41, 5.74) is 8.50. The van der Waals surface area contributed by atoms with Crippen LogP contribution in [-0.4, -0.2) is 19.8 Å². The minimum atomic E-state index is -0.0242. The Balaban J connectivity index is 2.36. The smallest absolute Gasteiger partial charge is 0.123 e. The lowest BCUT2D eigenvalue weighted by atomic mass is 9.98. The third-order valence-electron chi connectivity index (χ3n) is 3.21. The molecule has 1 aromatic carbocycles. The molecule has 0 spiro atoms. The second-order valence-electron chi connectivity index (χ2n) is 4.72. The molecule has 0 radical (unpaired) electrons. The molecule has 3 nitrogen and oxygen atoms in total. The van der Waals surface area contributed by atoms with Crippen molar-refractivity contribution in [3.63, 3.8) is 0 Å². The molecule has 4 heteroatoms. The molecule has 2 N–H and O–H groups in total. The summed E-state index contributed by atoms with van der Waals surface area (Å²) in [5.74, 6) is 0.892. The summed E-state index contributed by atoms with van der Waals surface area (Å²) in [7, 11) is 3.39. The van der Waals surface area contributed by atoms with E-state index in [9.17, 15) is 0 Å². The molecule has 0 heterocycles. The second-order valence-corrected chi connectivity index (χ2v) is 5.63. The van der Waals surface area contributed by atoms with Crippen molar-refractivity contribution in [2.75, 3.05) is 14.2 Å². The molecule has 1 aliphatic rings. The average Bonchev–Trinajstić information content (AvgIpc) is 3.00. The van der Waals surface area contributed by atoms with Crippen molar-refractivity contribution in [3.05, 3.63) is 27.7 Å². The number of ether oxygens (including phenoxy) is 2. The number of rotatable bonds is 5. The zero-order valence-corrected chi connectivity index (χ0v) is 11.8. The number of halogens is 1. The molecule has 1 fully saturated rings. The van der Waals surface area contributed by atoms with Crippen LogP contribution >= 0.6 is 15.9 Å². The predicted molar refractivity (Wildman–Crippen MR) is 71.3 cm³/mol. The van der Waals surface area contributed by atoms with E-state index in [1.54, 1.807) is 14.2 Å². The maximum atomic E-state index is 6.20. The fourth-order valence-corrected chi connectivity index (χ4v) is 2.51. The van der Waals surface area contributed by atoms with Gasteiger partial charge in [-0.25, -0.2) is 0 Å². The molecule has 0 aliphatic heterocycles. The standard InChI is InChI=1S/C13H18BrNO2/c1-16-8-9-5-10(14)6-12(17-2)11(9)7-13(15)3-4-13/h5-6H,3-4,7-8,15H2,1-2H3. The van der Waals surface area contributed by atoms with Gasteiger partial charge in [0.05, 0.1) is 13.7 Å². The van der Waals surface area contributed by atoms with Gasteiger partial charge in [-0.1, -0.05) is 15.9 Å². The highest BCUT2D eigenvalue weighted by Crippen LogP contribution is 2.40. The Morgan fingerprint density at radius 2 is 2.06 bits per heavy atom.